The van der Waals surface area contributed by atoms with E-state index in [1.54, 1.807) is 13.8 Å². The molecule has 1 amide bonds. The van der Waals surface area contributed by atoms with Crippen molar-refractivity contribution in [3.8, 4) is 0 Å². The summed E-state index contributed by atoms with van der Waals surface area (Å²) >= 11 is 0. The number of amides is 1. The zero-order valence-corrected chi connectivity index (χ0v) is 17.7. The number of anilines is 2. The van der Waals surface area contributed by atoms with Crippen molar-refractivity contribution in [3.63, 3.8) is 0 Å². The summed E-state index contributed by atoms with van der Waals surface area (Å²) in [5.74, 6) is -1.24. The number of morpholine rings is 1. The summed E-state index contributed by atoms with van der Waals surface area (Å²) in [5, 5.41) is 2.75. The number of nitrogens with zero attached hydrogens (tertiary/aromatic N) is 1. The van der Waals surface area contributed by atoms with E-state index < -0.39 is 18.0 Å². The van der Waals surface area contributed by atoms with Crippen LogP contribution in [0, 0.1) is 13.8 Å². The second kappa shape index (κ2) is 9.13. The maximum atomic E-state index is 12.5. The summed E-state index contributed by atoms with van der Waals surface area (Å²) in [7, 11) is 0. The molecule has 1 aliphatic rings. The number of ketones is 1. The number of aromatic nitrogens is 1. The van der Waals surface area contributed by atoms with Gasteiger partial charge in [0.05, 0.1) is 13.2 Å². The SMILES string of the molecule is CC(=O)c1c(C)[nH]c(C(=O)OC(C)C(=O)Nc2ccc(N3CCOCC3)cc2)c1C. The van der Waals surface area contributed by atoms with E-state index >= 15 is 0 Å². The highest BCUT2D eigenvalue weighted by molar-refractivity contribution is 6.02. The van der Waals surface area contributed by atoms with Gasteiger partial charge in [0.25, 0.3) is 5.91 Å². The van der Waals surface area contributed by atoms with Gasteiger partial charge < -0.3 is 24.7 Å². The fourth-order valence-corrected chi connectivity index (χ4v) is 3.58. The summed E-state index contributed by atoms with van der Waals surface area (Å²) < 4.78 is 10.7. The third-order valence-corrected chi connectivity index (χ3v) is 5.16. The van der Waals surface area contributed by atoms with Crippen LogP contribution in [0.1, 0.15) is 46.0 Å². The van der Waals surface area contributed by atoms with Gasteiger partial charge in [-0.3, -0.25) is 9.59 Å². The van der Waals surface area contributed by atoms with Crippen molar-refractivity contribution in [1.29, 1.82) is 0 Å². The molecule has 2 aromatic rings. The predicted octanol–water partition coefficient (Wildman–Crippen LogP) is 2.85. The molecule has 1 unspecified atom stereocenters. The molecule has 30 heavy (non-hydrogen) atoms. The molecule has 0 aliphatic carbocycles. The Hall–Kier alpha value is -3.13. The van der Waals surface area contributed by atoms with Crippen LogP contribution in [-0.4, -0.2) is 55.1 Å². The van der Waals surface area contributed by atoms with E-state index in [0.29, 0.717) is 35.7 Å². The van der Waals surface area contributed by atoms with E-state index in [-0.39, 0.29) is 11.5 Å². The molecule has 8 nitrogen and oxygen atoms in total. The number of aryl methyl sites for hydroxylation is 1. The number of carbonyl (C=O) groups excluding carboxylic acids is 3. The van der Waals surface area contributed by atoms with Crippen LogP contribution < -0.4 is 10.2 Å². The number of H-pyrrole nitrogens is 1. The van der Waals surface area contributed by atoms with E-state index in [1.165, 1.54) is 13.8 Å². The van der Waals surface area contributed by atoms with Gasteiger partial charge in [-0.05, 0) is 57.5 Å². The molecule has 1 fully saturated rings. The highest BCUT2D eigenvalue weighted by Gasteiger charge is 2.24. The first-order valence-corrected chi connectivity index (χ1v) is 9.92. The van der Waals surface area contributed by atoms with E-state index in [2.05, 4.69) is 15.2 Å². The monoisotopic (exact) mass is 413 g/mol. The van der Waals surface area contributed by atoms with Crippen molar-refractivity contribution >= 4 is 29.0 Å². The van der Waals surface area contributed by atoms with Crippen molar-refractivity contribution in [3.05, 3.63) is 46.8 Å². The third-order valence-electron chi connectivity index (χ3n) is 5.16. The molecule has 3 rings (SSSR count). The lowest BCUT2D eigenvalue weighted by Gasteiger charge is -2.28. The van der Waals surface area contributed by atoms with Gasteiger partial charge in [0.2, 0.25) is 0 Å². The van der Waals surface area contributed by atoms with Gasteiger partial charge in [0.1, 0.15) is 5.69 Å². The van der Waals surface area contributed by atoms with Gasteiger partial charge in [0, 0.05) is 35.7 Å². The van der Waals surface area contributed by atoms with Crippen molar-refractivity contribution in [2.45, 2.75) is 33.8 Å². The summed E-state index contributed by atoms with van der Waals surface area (Å²) in [6.07, 6.45) is -1.000. The van der Waals surface area contributed by atoms with Crippen LogP contribution in [0.3, 0.4) is 0 Å². The maximum Gasteiger partial charge on any atom is 0.355 e. The molecular weight excluding hydrogens is 386 g/mol. The van der Waals surface area contributed by atoms with Gasteiger partial charge in [-0.1, -0.05) is 0 Å². The smallest absolute Gasteiger partial charge is 0.355 e. The van der Waals surface area contributed by atoms with Gasteiger partial charge in [-0.2, -0.15) is 0 Å². The lowest BCUT2D eigenvalue weighted by molar-refractivity contribution is -0.123. The van der Waals surface area contributed by atoms with E-state index in [1.807, 2.05) is 24.3 Å². The van der Waals surface area contributed by atoms with Crippen LogP contribution in [0.4, 0.5) is 11.4 Å². The summed E-state index contributed by atoms with van der Waals surface area (Å²) in [6.45, 7) is 9.42. The number of ether oxygens (including phenoxy) is 2. The molecule has 1 aromatic carbocycles. The molecule has 1 saturated heterocycles. The summed E-state index contributed by atoms with van der Waals surface area (Å²) in [5.41, 5.74) is 3.47. The molecule has 0 bridgehead atoms. The lowest BCUT2D eigenvalue weighted by atomic mass is 10.1. The topological polar surface area (TPSA) is 101 Å². The Morgan fingerprint density at radius 1 is 1.13 bits per heavy atom. The van der Waals surface area contributed by atoms with Crippen molar-refractivity contribution < 1.29 is 23.9 Å². The van der Waals surface area contributed by atoms with Crippen LogP contribution in [0.2, 0.25) is 0 Å². The predicted molar refractivity (Wildman–Crippen MR) is 113 cm³/mol. The van der Waals surface area contributed by atoms with Gasteiger partial charge in [-0.15, -0.1) is 0 Å². The standard InChI is InChI=1S/C22H27N3O5/c1-13-19(15(3)26)14(2)23-20(13)22(28)30-16(4)21(27)24-17-5-7-18(8-6-17)25-9-11-29-12-10-25/h5-8,16,23H,9-12H2,1-4H3,(H,24,27). The first kappa shape index (κ1) is 21.6. The number of carbonyl (C=O) groups is 3. The molecular formula is C22H27N3O5. The number of hydrogen-bond acceptors (Lipinski definition) is 6. The molecule has 0 spiro atoms. The summed E-state index contributed by atoms with van der Waals surface area (Å²) in [6, 6.07) is 7.50. The summed E-state index contributed by atoms with van der Waals surface area (Å²) in [4.78, 5) is 41.8. The third kappa shape index (κ3) is 4.71. The van der Waals surface area contributed by atoms with Crippen LogP contribution in [0.15, 0.2) is 24.3 Å². The van der Waals surface area contributed by atoms with E-state index in [9.17, 15) is 14.4 Å². The minimum absolute atomic E-state index is 0.133. The Morgan fingerprint density at radius 3 is 2.33 bits per heavy atom. The average molecular weight is 413 g/mol. The van der Waals surface area contributed by atoms with E-state index in [0.717, 1.165) is 18.8 Å². The number of Topliss-reactive ketones (excluding diaryl/α,β-unsaturated/α-hetero) is 1. The normalized spacial score (nSPS) is 14.9. The molecule has 8 heteroatoms. The van der Waals surface area contributed by atoms with Gasteiger partial charge >= 0.3 is 5.97 Å². The molecule has 2 N–H and O–H groups in total. The number of nitrogens with one attached hydrogen (secondary N) is 2. The first-order valence-electron chi connectivity index (χ1n) is 9.92. The van der Waals surface area contributed by atoms with Crippen LogP contribution in [-0.2, 0) is 14.3 Å². The molecule has 0 radical (unpaired) electrons. The Balaban J connectivity index is 1.60. The Morgan fingerprint density at radius 2 is 1.77 bits per heavy atom. The zero-order chi connectivity index (χ0) is 21.8. The quantitative estimate of drug-likeness (QED) is 0.558. The molecule has 0 saturated carbocycles. The maximum absolute atomic E-state index is 12.5. The highest BCUT2D eigenvalue weighted by atomic mass is 16.5. The zero-order valence-electron chi connectivity index (χ0n) is 17.7. The lowest BCUT2D eigenvalue weighted by Crippen LogP contribution is -2.36. The number of rotatable bonds is 6. The van der Waals surface area contributed by atoms with E-state index in [4.69, 9.17) is 9.47 Å². The Kier molecular flexibility index (Phi) is 6.56. The minimum atomic E-state index is -1.000. The van der Waals surface area contributed by atoms with Crippen molar-refractivity contribution in [1.82, 2.24) is 4.98 Å². The molecule has 1 aliphatic heterocycles. The minimum Gasteiger partial charge on any atom is -0.448 e. The second-order valence-electron chi connectivity index (χ2n) is 7.36. The number of hydrogen-bond donors (Lipinski definition) is 2. The van der Waals surface area contributed by atoms with Gasteiger partial charge in [0.15, 0.2) is 11.9 Å². The van der Waals surface area contributed by atoms with Crippen molar-refractivity contribution in [2.75, 3.05) is 36.5 Å². The Bertz CT molecular complexity index is 942. The second-order valence-corrected chi connectivity index (χ2v) is 7.36. The molecule has 1 aromatic heterocycles. The Labute approximate surface area is 175 Å². The molecule has 1 atom stereocenters. The van der Waals surface area contributed by atoms with Crippen LogP contribution >= 0.6 is 0 Å². The fourth-order valence-electron chi connectivity index (χ4n) is 3.58. The van der Waals surface area contributed by atoms with Gasteiger partial charge in [-0.25, -0.2) is 4.79 Å². The first-order chi connectivity index (χ1) is 14.3. The number of esters is 1. The highest BCUT2D eigenvalue weighted by Crippen LogP contribution is 2.21. The number of aromatic amines is 1. The van der Waals surface area contributed by atoms with Crippen LogP contribution in [0.25, 0.3) is 0 Å². The molecule has 2 heterocycles. The number of benzene rings is 1. The fraction of sp³-hybridized carbons (Fsp3) is 0.409. The average Bonchev–Trinajstić information content (AvgIpc) is 3.03. The molecule has 160 valence electrons. The van der Waals surface area contributed by atoms with Crippen molar-refractivity contribution in [2.24, 2.45) is 0 Å². The van der Waals surface area contributed by atoms with Crippen LogP contribution in [0.5, 0.6) is 0 Å². The largest absolute Gasteiger partial charge is 0.448 e.